The smallest absolute Gasteiger partial charge is 0.271 e. The van der Waals surface area contributed by atoms with Crippen LogP contribution in [0, 0.1) is 0 Å². The second-order valence-electron chi connectivity index (χ2n) is 9.87. The molecule has 1 aliphatic heterocycles. The van der Waals surface area contributed by atoms with Crippen molar-refractivity contribution in [1.29, 1.82) is 0 Å². The van der Waals surface area contributed by atoms with E-state index in [1.165, 1.54) is 5.56 Å². The number of rotatable bonds is 6. The summed E-state index contributed by atoms with van der Waals surface area (Å²) < 4.78 is 1.73. The molecule has 1 saturated heterocycles. The Morgan fingerprint density at radius 3 is 2.58 bits per heavy atom. The first-order valence-electron chi connectivity index (χ1n) is 12.7. The molecule has 0 radical (unpaired) electrons. The predicted octanol–water partition coefficient (Wildman–Crippen LogP) is 2.78. The van der Waals surface area contributed by atoms with E-state index in [0.29, 0.717) is 17.0 Å². The van der Waals surface area contributed by atoms with E-state index in [2.05, 4.69) is 43.7 Å². The number of pyridine rings is 1. The Balaban J connectivity index is 1.15. The van der Waals surface area contributed by atoms with Crippen LogP contribution in [0.15, 0.2) is 67.0 Å². The highest BCUT2D eigenvalue weighted by Gasteiger charge is 2.50. The van der Waals surface area contributed by atoms with Crippen LogP contribution in [0.25, 0.3) is 27.9 Å². The molecule has 4 heterocycles. The summed E-state index contributed by atoms with van der Waals surface area (Å²) in [5.74, 6) is 0.881. The van der Waals surface area contributed by atoms with Crippen molar-refractivity contribution in [1.82, 2.24) is 40.0 Å². The van der Waals surface area contributed by atoms with Gasteiger partial charge >= 0.3 is 0 Å². The number of nitrogens with one attached hydrogen (secondary N) is 1. The van der Waals surface area contributed by atoms with Crippen molar-refractivity contribution in [2.45, 2.75) is 24.7 Å². The van der Waals surface area contributed by atoms with Gasteiger partial charge in [0.2, 0.25) is 5.91 Å². The van der Waals surface area contributed by atoms with Crippen LogP contribution in [-0.2, 0) is 10.2 Å². The summed E-state index contributed by atoms with van der Waals surface area (Å²) in [6.07, 6.45) is 6.39. The van der Waals surface area contributed by atoms with E-state index in [0.717, 1.165) is 54.6 Å². The normalized spacial score (nSPS) is 15.8. The molecular formula is C28H24N8O2. The Morgan fingerprint density at radius 1 is 0.974 bits per heavy atom. The Labute approximate surface area is 217 Å². The third kappa shape index (κ3) is 3.76. The monoisotopic (exact) mass is 504 g/mol. The number of hydrogen-bond donors (Lipinski definition) is 1. The summed E-state index contributed by atoms with van der Waals surface area (Å²) in [6, 6.07) is 17.4. The van der Waals surface area contributed by atoms with Gasteiger partial charge in [0.25, 0.3) is 11.7 Å². The first-order valence-corrected chi connectivity index (χ1v) is 12.7. The van der Waals surface area contributed by atoms with Crippen LogP contribution < -0.4 is 5.32 Å². The topological polar surface area (TPSA) is 118 Å². The van der Waals surface area contributed by atoms with Gasteiger partial charge in [-0.15, -0.1) is 10.2 Å². The number of nitrogens with zero attached hydrogens (tertiary/aromatic N) is 7. The lowest BCUT2D eigenvalue weighted by molar-refractivity contribution is -0.133. The molecule has 2 aromatic carbocycles. The molecule has 1 saturated carbocycles. The number of likely N-dealkylation sites (tertiary alicyclic amines) is 1. The number of benzene rings is 2. The lowest BCUT2D eigenvalue weighted by atomic mass is 9.94. The molecule has 5 aromatic rings. The molecule has 3 aromatic heterocycles. The van der Waals surface area contributed by atoms with Gasteiger partial charge in [-0.3, -0.25) is 14.6 Å². The first-order chi connectivity index (χ1) is 18.6. The van der Waals surface area contributed by atoms with Crippen molar-refractivity contribution in [3.63, 3.8) is 0 Å². The molecule has 1 aliphatic carbocycles. The van der Waals surface area contributed by atoms with Crippen molar-refractivity contribution >= 4 is 28.5 Å². The molecule has 7 rings (SSSR count). The van der Waals surface area contributed by atoms with Crippen molar-refractivity contribution in [2.24, 2.45) is 0 Å². The lowest BCUT2D eigenvalue weighted by Crippen LogP contribution is -2.47. The van der Waals surface area contributed by atoms with Crippen molar-refractivity contribution in [2.75, 3.05) is 19.6 Å². The standard InChI is InChI=1S/C28H24N8O2/c37-24(35-13-2-14-35)17-30-25(38)19-6-4-18(5-7-19)23-16-31-27-33-32-26(36(27)34-23)28(10-11-28)21-8-9-22-20(15-21)3-1-12-29-22/h1,3-9,12,15-16H,2,10-11,13-14,17H2,(H,30,38). The highest BCUT2D eigenvalue weighted by molar-refractivity contribution is 5.96. The zero-order valence-electron chi connectivity index (χ0n) is 20.5. The largest absolute Gasteiger partial charge is 0.343 e. The Bertz CT molecular complexity index is 1700. The number of hydrogen-bond acceptors (Lipinski definition) is 7. The highest BCUT2D eigenvalue weighted by atomic mass is 16.2. The van der Waals surface area contributed by atoms with E-state index < -0.39 is 0 Å². The molecule has 0 atom stereocenters. The average Bonchev–Trinajstić information content (AvgIpc) is 3.62. The summed E-state index contributed by atoms with van der Waals surface area (Å²) in [4.78, 5) is 35.2. The van der Waals surface area contributed by atoms with Gasteiger partial charge in [-0.05, 0) is 55.2 Å². The van der Waals surface area contributed by atoms with Gasteiger partial charge < -0.3 is 10.2 Å². The van der Waals surface area contributed by atoms with E-state index in [1.807, 2.05) is 24.3 Å². The molecule has 2 amide bonds. The fourth-order valence-electron chi connectivity index (χ4n) is 4.99. The minimum absolute atomic E-state index is 0.00854. The van der Waals surface area contributed by atoms with Crippen molar-refractivity contribution in [3.8, 4) is 11.3 Å². The third-order valence-corrected chi connectivity index (χ3v) is 7.52. The van der Waals surface area contributed by atoms with E-state index in [1.54, 1.807) is 33.9 Å². The summed E-state index contributed by atoms with van der Waals surface area (Å²) in [5, 5.41) is 17.4. The Morgan fingerprint density at radius 2 is 1.82 bits per heavy atom. The van der Waals surface area contributed by atoms with E-state index in [-0.39, 0.29) is 23.8 Å². The van der Waals surface area contributed by atoms with E-state index >= 15 is 0 Å². The summed E-state index contributed by atoms with van der Waals surface area (Å²) in [5.41, 5.74) is 3.81. The molecule has 0 unspecified atom stereocenters. The summed E-state index contributed by atoms with van der Waals surface area (Å²) in [7, 11) is 0. The fraction of sp³-hybridized carbons (Fsp3) is 0.250. The average molecular weight is 505 g/mol. The maximum atomic E-state index is 12.5. The molecule has 10 nitrogen and oxygen atoms in total. The second-order valence-corrected chi connectivity index (χ2v) is 9.87. The second kappa shape index (κ2) is 8.69. The van der Waals surface area contributed by atoms with Gasteiger partial charge in [-0.25, -0.2) is 4.98 Å². The summed E-state index contributed by atoms with van der Waals surface area (Å²) in [6.45, 7) is 1.54. The minimum atomic E-state index is -0.283. The molecule has 1 N–H and O–H groups in total. The number of carbonyl (C=O) groups excluding carboxylic acids is 2. The lowest BCUT2D eigenvalue weighted by Gasteiger charge is -2.30. The maximum Gasteiger partial charge on any atom is 0.271 e. The van der Waals surface area contributed by atoms with E-state index in [4.69, 9.17) is 5.10 Å². The molecule has 188 valence electrons. The quantitative estimate of drug-likeness (QED) is 0.378. The van der Waals surface area contributed by atoms with Gasteiger partial charge in [-0.1, -0.05) is 24.3 Å². The fourth-order valence-corrected chi connectivity index (χ4v) is 4.99. The molecule has 2 fully saturated rings. The number of fused-ring (bicyclic) bond motifs is 2. The minimum Gasteiger partial charge on any atom is -0.343 e. The first kappa shape index (κ1) is 22.5. The van der Waals surface area contributed by atoms with Crippen LogP contribution in [0.2, 0.25) is 0 Å². The van der Waals surface area contributed by atoms with Gasteiger partial charge in [0, 0.05) is 35.8 Å². The molecular weight excluding hydrogens is 480 g/mol. The third-order valence-electron chi connectivity index (χ3n) is 7.52. The number of aromatic nitrogens is 6. The van der Waals surface area contributed by atoms with Crippen molar-refractivity contribution < 1.29 is 9.59 Å². The molecule has 2 aliphatic rings. The zero-order valence-corrected chi connectivity index (χ0v) is 20.5. The van der Waals surface area contributed by atoms with Crippen LogP contribution in [-0.4, -0.2) is 66.1 Å². The van der Waals surface area contributed by atoms with Crippen LogP contribution in [0.3, 0.4) is 0 Å². The van der Waals surface area contributed by atoms with Crippen LogP contribution in [0.1, 0.15) is 41.0 Å². The van der Waals surface area contributed by atoms with Gasteiger partial charge in [0.05, 0.1) is 23.7 Å². The van der Waals surface area contributed by atoms with Gasteiger partial charge in [-0.2, -0.15) is 9.61 Å². The number of carbonyl (C=O) groups is 2. The van der Waals surface area contributed by atoms with Gasteiger partial charge in [0.1, 0.15) is 5.69 Å². The predicted molar refractivity (Wildman–Crippen MR) is 139 cm³/mol. The molecule has 0 bridgehead atoms. The molecule has 38 heavy (non-hydrogen) atoms. The Hall–Kier alpha value is -4.73. The maximum absolute atomic E-state index is 12.5. The molecule has 10 heteroatoms. The Kier molecular flexibility index (Phi) is 5.14. The van der Waals surface area contributed by atoms with Crippen molar-refractivity contribution in [3.05, 3.63) is 83.9 Å². The summed E-state index contributed by atoms with van der Waals surface area (Å²) >= 11 is 0. The van der Waals surface area contributed by atoms with Gasteiger partial charge in [0.15, 0.2) is 5.82 Å². The number of amides is 2. The van der Waals surface area contributed by atoms with Crippen LogP contribution in [0.4, 0.5) is 0 Å². The van der Waals surface area contributed by atoms with Crippen LogP contribution >= 0.6 is 0 Å². The van der Waals surface area contributed by atoms with Crippen LogP contribution in [0.5, 0.6) is 0 Å². The zero-order chi connectivity index (χ0) is 25.7. The molecule has 0 spiro atoms. The van der Waals surface area contributed by atoms with E-state index in [9.17, 15) is 9.59 Å². The highest BCUT2D eigenvalue weighted by Crippen LogP contribution is 2.53. The SMILES string of the molecule is O=C(NCC(=O)N1CCC1)c1ccc(-c2cnc3nnc(C4(c5ccc6ncccc6c5)CC4)n3n2)cc1.